The molecule has 1 aliphatic rings. The lowest BCUT2D eigenvalue weighted by molar-refractivity contribution is -0.368. The van der Waals surface area contributed by atoms with Crippen molar-refractivity contribution in [1.82, 2.24) is 15.1 Å². The predicted octanol–water partition coefficient (Wildman–Crippen LogP) is -2.44. The van der Waals surface area contributed by atoms with E-state index in [1.165, 1.54) is 6.42 Å². The van der Waals surface area contributed by atoms with Gasteiger partial charge < -0.3 is 30.8 Å². The van der Waals surface area contributed by atoms with Crippen molar-refractivity contribution in [1.29, 1.82) is 0 Å². The highest BCUT2D eigenvalue weighted by molar-refractivity contribution is 5.61. The van der Waals surface area contributed by atoms with Gasteiger partial charge in [-0.05, 0) is 13.0 Å². The Morgan fingerprint density at radius 1 is 1.12 bits per heavy atom. The predicted molar refractivity (Wildman–Crippen MR) is 63.3 cm³/mol. The molecular weight excluding hydrogens is 220 g/mol. The Labute approximate surface area is 103 Å². The van der Waals surface area contributed by atoms with Crippen molar-refractivity contribution in [3.8, 4) is 0 Å². The first-order valence-electron chi connectivity index (χ1n) is 6.41. The Morgan fingerprint density at radius 2 is 1.65 bits per heavy atom. The molecule has 17 heavy (non-hydrogen) atoms. The average Bonchev–Trinajstić information content (AvgIpc) is 2.33. The summed E-state index contributed by atoms with van der Waals surface area (Å²) in [7, 11) is 0. The van der Waals surface area contributed by atoms with Crippen LogP contribution < -0.4 is 16.2 Å². The Balaban J connectivity index is 2.01. The molecule has 0 aliphatic carbocycles. The first-order chi connectivity index (χ1) is 8.22. The van der Waals surface area contributed by atoms with E-state index in [0.717, 1.165) is 52.2 Å². The highest BCUT2D eigenvalue weighted by Crippen LogP contribution is 2.02. The minimum atomic E-state index is -1.18. The van der Waals surface area contributed by atoms with Gasteiger partial charge in [-0.3, -0.25) is 0 Å². The van der Waals surface area contributed by atoms with Crippen LogP contribution in [0.5, 0.6) is 0 Å². The minimum Gasteiger partial charge on any atom is -0.530 e. The van der Waals surface area contributed by atoms with Gasteiger partial charge in [-0.2, -0.15) is 0 Å². The van der Waals surface area contributed by atoms with E-state index < -0.39 is 6.09 Å². The van der Waals surface area contributed by atoms with E-state index in [9.17, 15) is 9.90 Å². The minimum absolute atomic E-state index is 0.490. The molecule has 1 amide bonds. The molecule has 0 unspecified atom stereocenters. The summed E-state index contributed by atoms with van der Waals surface area (Å²) in [5.74, 6) is 0. The maximum Gasteiger partial charge on any atom is 0.134 e. The van der Waals surface area contributed by atoms with Gasteiger partial charge in [0, 0.05) is 45.7 Å². The smallest absolute Gasteiger partial charge is 0.134 e. The summed E-state index contributed by atoms with van der Waals surface area (Å²) in [6.07, 6.45) is 0.852. The SMILES string of the molecule is [NH3+]CCCN1CCN(CCCNC(=O)[O-])CC1. The second kappa shape index (κ2) is 8.27. The molecule has 1 heterocycles. The largest absolute Gasteiger partial charge is 0.530 e. The zero-order chi connectivity index (χ0) is 12.5. The number of hydrogen-bond donors (Lipinski definition) is 2. The summed E-state index contributed by atoms with van der Waals surface area (Å²) in [5.41, 5.74) is 3.85. The quantitative estimate of drug-likeness (QED) is 0.487. The molecule has 100 valence electrons. The number of carbonyl (C=O) groups is 1. The van der Waals surface area contributed by atoms with Gasteiger partial charge in [0.1, 0.15) is 6.09 Å². The van der Waals surface area contributed by atoms with Crippen molar-refractivity contribution in [2.75, 3.05) is 52.4 Å². The maximum atomic E-state index is 10.1. The molecule has 0 aromatic heterocycles. The van der Waals surface area contributed by atoms with Gasteiger partial charge in [-0.15, -0.1) is 0 Å². The molecule has 1 aliphatic heterocycles. The van der Waals surface area contributed by atoms with Crippen LogP contribution in [0.1, 0.15) is 12.8 Å². The Hall–Kier alpha value is -0.850. The molecule has 0 bridgehead atoms. The van der Waals surface area contributed by atoms with Crippen molar-refractivity contribution in [3.63, 3.8) is 0 Å². The lowest BCUT2D eigenvalue weighted by atomic mass is 10.2. The Kier molecular flexibility index (Phi) is 6.91. The van der Waals surface area contributed by atoms with Crippen LogP contribution in [-0.2, 0) is 0 Å². The molecule has 6 heteroatoms. The highest BCUT2D eigenvalue weighted by Gasteiger charge is 2.15. The van der Waals surface area contributed by atoms with Crippen LogP contribution in [0.3, 0.4) is 0 Å². The van der Waals surface area contributed by atoms with Crippen molar-refractivity contribution < 1.29 is 15.6 Å². The molecule has 1 rings (SSSR count). The van der Waals surface area contributed by atoms with Crippen LogP contribution in [0.4, 0.5) is 4.79 Å². The van der Waals surface area contributed by atoms with E-state index >= 15 is 0 Å². The molecule has 1 fully saturated rings. The van der Waals surface area contributed by atoms with Gasteiger partial charge in [0.2, 0.25) is 0 Å². The number of piperazine rings is 1. The number of amides is 1. The third-order valence-corrected chi connectivity index (χ3v) is 3.11. The molecule has 0 radical (unpaired) electrons. The zero-order valence-electron chi connectivity index (χ0n) is 10.5. The summed E-state index contributed by atoms with van der Waals surface area (Å²) in [5, 5.41) is 12.4. The van der Waals surface area contributed by atoms with Crippen molar-refractivity contribution in [3.05, 3.63) is 0 Å². The van der Waals surface area contributed by atoms with Gasteiger partial charge in [-0.1, -0.05) is 0 Å². The molecule has 0 atom stereocenters. The molecule has 1 saturated heterocycles. The number of hydrogen-bond acceptors (Lipinski definition) is 4. The topological polar surface area (TPSA) is 86.3 Å². The van der Waals surface area contributed by atoms with E-state index in [1.807, 2.05) is 0 Å². The summed E-state index contributed by atoms with van der Waals surface area (Å²) >= 11 is 0. The third kappa shape index (κ3) is 6.45. The van der Waals surface area contributed by atoms with Gasteiger partial charge in [-0.25, -0.2) is 0 Å². The standard InChI is InChI=1S/C11H24N4O2/c12-3-1-5-14-7-9-15(10-8-14)6-2-4-13-11(16)17/h13H,1-10,12H2,(H,16,17). The summed E-state index contributed by atoms with van der Waals surface area (Å²) in [6.45, 7) is 8.03. The number of carbonyl (C=O) groups excluding carboxylic acids is 1. The van der Waals surface area contributed by atoms with E-state index in [-0.39, 0.29) is 0 Å². The van der Waals surface area contributed by atoms with E-state index in [2.05, 4.69) is 20.9 Å². The zero-order valence-corrected chi connectivity index (χ0v) is 10.5. The molecule has 0 aromatic rings. The first kappa shape index (κ1) is 14.2. The van der Waals surface area contributed by atoms with Crippen LogP contribution in [0.25, 0.3) is 0 Å². The van der Waals surface area contributed by atoms with Crippen LogP contribution in [0, 0.1) is 0 Å². The van der Waals surface area contributed by atoms with Gasteiger partial charge in [0.15, 0.2) is 0 Å². The first-order valence-corrected chi connectivity index (χ1v) is 6.41. The van der Waals surface area contributed by atoms with Gasteiger partial charge in [0.05, 0.1) is 6.54 Å². The van der Waals surface area contributed by atoms with Crippen LogP contribution >= 0.6 is 0 Å². The number of carboxylic acid groups (broad SMARTS) is 1. The Morgan fingerprint density at radius 3 is 2.12 bits per heavy atom. The van der Waals surface area contributed by atoms with Crippen LogP contribution in [0.2, 0.25) is 0 Å². The average molecular weight is 244 g/mol. The van der Waals surface area contributed by atoms with Crippen LogP contribution in [0.15, 0.2) is 0 Å². The van der Waals surface area contributed by atoms with E-state index in [1.54, 1.807) is 0 Å². The molecule has 0 saturated carbocycles. The monoisotopic (exact) mass is 244 g/mol. The van der Waals surface area contributed by atoms with E-state index in [4.69, 9.17) is 0 Å². The summed E-state index contributed by atoms with van der Waals surface area (Å²) in [4.78, 5) is 15.0. The number of quaternary nitrogens is 1. The van der Waals surface area contributed by atoms with Crippen molar-refractivity contribution in [2.24, 2.45) is 0 Å². The molecule has 4 N–H and O–H groups in total. The fourth-order valence-corrected chi connectivity index (χ4v) is 2.07. The van der Waals surface area contributed by atoms with Crippen molar-refractivity contribution >= 4 is 6.09 Å². The lowest BCUT2D eigenvalue weighted by Gasteiger charge is -2.34. The summed E-state index contributed by atoms with van der Waals surface area (Å²) in [6, 6.07) is 0. The third-order valence-electron chi connectivity index (χ3n) is 3.11. The van der Waals surface area contributed by atoms with Gasteiger partial charge >= 0.3 is 0 Å². The number of nitrogens with one attached hydrogen (secondary N) is 1. The number of rotatable bonds is 7. The fourth-order valence-electron chi connectivity index (χ4n) is 2.07. The molecule has 0 aromatic carbocycles. The summed E-state index contributed by atoms with van der Waals surface area (Å²) < 4.78 is 0. The highest BCUT2D eigenvalue weighted by atomic mass is 16.4. The lowest BCUT2D eigenvalue weighted by Crippen LogP contribution is -2.52. The molecule has 6 nitrogen and oxygen atoms in total. The van der Waals surface area contributed by atoms with E-state index in [0.29, 0.717) is 6.54 Å². The normalized spacial score (nSPS) is 18.2. The molecule has 0 spiro atoms. The maximum absolute atomic E-state index is 10.1. The number of nitrogens with zero attached hydrogens (tertiary/aromatic N) is 2. The van der Waals surface area contributed by atoms with Crippen molar-refractivity contribution in [2.45, 2.75) is 12.8 Å². The Bertz CT molecular complexity index is 218. The second-order valence-electron chi connectivity index (χ2n) is 4.46. The van der Waals surface area contributed by atoms with Crippen LogP contribution in [-0.4, -0.2) is 68.3 Å². The molecular formula is C11H24N4O2. The second-order valence-corrected chi connectivity index (χ2v) is 4.46. The fraction of sp³-hybridized carbons (Fsp3) is 0.909. The van der Waals surface area contributed by atoms with Gasteiger partial charge in [0.25, 0.3) is 0 Å².